The van der Waals surface area contributed by atoms with Crippen LogP contribution in [-0.2, 0) is 9.05 Å². The highest BCUT2D eigenvalue weighted by Gasteiger charge is 2.05. The zero-order chi connectivity index (χ0) is 12.9. The second-order valence-electron chi connectivity index (χ2n) is 3.37. The molecular weight excluding hydrogens is 290 g/mol. The molecule has 0 aliphatic rings. The van der Waals surface area contributed by atoms with Gasteiger partial charge in [0, 0.05) is 10.7 Å². The predicted octanol–water partition coefficient (Wildman–Crippen LogP) is 3.21. The number of hydrogen-bond donors (Lipinski definition) is 0. The van der Waals surface area contributed by atoms with E-state index in [0.717, 1.165) is 6.07 Å². The van der Waals surface area contributed by atoms with E-state index in [1.807, 2.05) is 0 Å². The maximum absolute atomic E-state index is 12.7. The summed E-state index contributed by atoms with van der Waals surface area (Å²) in [5.74, 6) is -0.146. The maximum atomic E-state index is 12.7. The van der Waals surface area contributed by atoms with Gasteiger partial charge < -0.3 is 4.74 Å². The summed E-state index contributed by atoms with van der Waals surface area (Å²) in [4.78, 5) is 0. The van der Waals surface area contributed by atoms with Crippen molar-refractivity contribution in [2.75, 3.05) is 12.4 Å². The van der Waals surface area contributed by atoms with Gasteiger partial charge in [-0.1, -0.05) is 11.6 Å². The number of benzene rings is 1. The van der Waals surface area contributed by atoms with Crippen molar-refractivity contribution in [3.8, 4) is 5.75 Å². The molecule has 3 nitrogen and oxygen atoms in total. The van der Waals surface area contributed by atoms with Gasteiger partial charge in [0.05, 0.1) is 17.4 Å². The summed E-state index contributed by atoms with van der Waals surface area (Å²) in [6.45, 7) is 0.303. The van der Waals surface area contributed by atoms with Crippen LogP contribution >= 0.6 is 22.3 Å². The Morgan fingerprint density at radius 2 is 2.00 bits per heavy atom. The molecule has 0 spiro atoms. The fraction of sp³-hybridized carbons (Fsp3) is 0.400. The minimum atomic E-state index is -3.44. The third-order valence-electron chi connectivity index (χ3n) is 1.93. The maximum Gasteiger partial charge on any atom is 0.232 e. The summed E-state index contributed by atoms with van der Waals surface area (Å²) in [7, 11) is 1.60. The van der Waals surface area contributed by atoms with Gasteiger partial charge in [0.1, 0.15) is 11.6 Å². The number of hydrogen-bond acceptors (Lipinski definition) is 3. The van der Waals surface area contributed by atoms with Crippen LogP contribution in [0.1, 0.15) is 12.8 Å². The number of rotatable bonds is 6. The molecule has 7 heteroatoms. The van der Waals surface area contributed by atoms with Crippen molar-refractivity contribution in [3.05, 3.63) is 29.0 Å². The average molecular weight is 301 g/mol. The molecule has 0 N–H and O–H groups in total. The first-order chi connectivity index (χ1) is 7.88. The van der Waals surface area contributed by atoms with E-state index >= 15 is 0 Å². The van der Waals surface area contributed by atoms with E-state index in [9.17, 15) is 12.8 Å². The number of unbranched alkanes of at least 4 members (excludes halogenated alkanes) is 1. The molecule has 0 radical (unpaired) electrons. The normalized spacial score (nSPS) is 11.5. The standard InChI is InChI=1S/C10H11Cl2FO3S/c11-9-7-8(13)3-4-10(9)16-5-1-2-6-17(12,14)15/h3-4,7H,1-2,5-6H2. The van der Waals surface area contributed by atoms with Gasteiger partial charge in [-0.15, -0.1) is 0 Å². The molecule has 0 aliphatic heterocycles. The monoisotopic (exact) mass is 300 g/mol. The Kier molecular flexibility index (Phi) is 5.49. The quantitative estimate of drug-likeness (QED) is 0.598. The highest BCUT2D eigenvalue weighted by atomic mass is 35.7. The van der Waals surface area contributed by atoms with Crippen molar-refractivity contribution in [2.45, 2.75) is 12.8 Å². The second-order valence-corrected chi connectivity index (χ2v) is 6.68. The molecule has 1 rings (SSSR count). The smallest absolute Gasteiger partial charge is 0.232 e. The minimum absolute atomic E-state index is 0.0882. The zero-order valence-electron chi connectivity index (χ0n) is 8.83. The molecule has 0 unspecified atom stereocenters. The van der Waals surface area contributed by atoms with Crippen LogP contribution in [0.25, 0.3) is 0 Å². The minimum Gasteiger partial charge on any atom is -0.492 e. The van der Waals surface area contributed by atoms with Crippen LogP contribution in [0.3, 0.4) is 0 Å². The van der Waals surface area contributed by atoms with Crippen LogP contribution in [0, 0.1) is 5.82 Å². The van der Waals surface area contributed by atoms with Gasteiger partial charge in [-0.05, 0) is 31.0 Å². The summed E-state index contributed by atoms with van der Waals surface area (Å²) in [6.07, 6.45) is 0.935. The van der Waals surface area contributed by atoms with Crippen LogP contribution in [0.2, 0.25) is 5.02 Å². The summed E-state index contributed by atoms with van der Waals surface area (Å²) in [6, 6.07) is 3.82. The molecule has 0 aliphatic carbocycles. The lowest BCUT2D eigenvalue weighted by atomic mass is 10.3. The Balaban J connectivity index is 2.32. The van der Waals surface area contributed by atoms with Gasteiger partial charge in [-0.3, -0.25) is 0 Å². The van der Waals surface area contributed by atoms with Crippen molar-refractivity contribution >= 4 is 31.3 Å². The largest absolute Gasteiger partial charge is 0.492 e. The van der Waals surface area contributed by atoms with Crippen molar-refractivity contribution in [1.29, 1.82) is 0 Å². The Hall–Kier alpha value is -0.520. The Morgan fingerprint density at radius 1 is 1.29 bits per heavy atom. The molecule has 1 aromatic carbocycles. The molecule has 17 heavy (non-hydrogen) atoms. The van der Waals surface area contributed by atoms with Crippen LogP contribution in [-0.4, -0.2) is 20.8 Å². The molecule has 0 saturated heterocycles. The molecule has 0 heterocycles. The Bertz CT molecular complexity index is 476. The second kappa shape index (κ2) is 6.42. The fourth-order valence-corrected chi connectivity index (χ4v) is 2.25. The Labute approximate surface area is 109 Å². The lowest BCUT2D eigenvalue weighted by Gasteiger charge is -2.07. The van der Waals surface area contributed by atoms with Gasteiger partial charge in [0.2, 0.25) is 9.05 Å². The molecule has 0 bridgehead atoms. The molecule has 0 atom stereocenters. The fourth-order valence-electron chi connectivity index (χ4n) is 1.15. The number of ether oxygens (including phenoxy) is 1. The first kappa shape index (κ1) is 14.5. The molecule has 0 fully saturated rings. The summed E-state index contributed by atoms with van der Waals surface area (Å²) in [5.41, 5.74) is 0. The molecule has 96 valence electrons. The lowest BCUT2D eigenvalue weighted by molar-refractivity contribution is 0.309. The van der Waals surface area contributed by atoms with E-state index in [-0.39, 0.29) is 10.8 Å². The molecule has 1 aromatic rings. The molecule has 0 amide bonds. The highest BCUT2D eigenvalue weighted by Crippen LogP contribution is 2.24. The molecule has 0 saturated carbocycles. The molecule has 0 aromatic heterocycles. The summed E-state index contributed by atoms with van der Waals surface area (Å²) >= 11 is 5.73. The van der Waals surface area contributed by atoms with Gasteiger partial charge in [-0.2, -0.15) is 0 Å². The van der Waals surface area contributed by atoms with E-state index in [1.54, 1.807) is 0 Å². The van der Waals surface area contributed by atoms with Crippen molar-refractivity contribution in [2.24, 2.45) is 0 Å². The average Bonchev–Trinajstić information content (AvgIpc) is 2.18. The topological polar surface area (TPSA) is 43.4 Å². The van der Waals surface area contributed by atoms with Gasteiger partial charge in [0.15, 0.2) is 0 Å². The first-order valence-electron chi connectivity index (χ1n) is 4.89. The van der Waals surface area contributed by atoms with Crippen molar-refractivity contribution < 1.29 is 17.5 Å². The third kappa shape index (κ3) is 6.10. The highest BCUT2D eigenvalue weighted by molar-refractivity contribution is 8.13. The van der Waals surface area contributed by atoms with Gasteiger partial charge in [0.25, 0.3) is 0 Å². The van der Waals surface area contributed by atoms with Gasteiger partial charge >= 0.3 is 0 Å². The van der Waals surface area contributed by atoms with Crippen molar-refractivity contribution in [1.82, 2.24) is 0 Å². The van der Waals surface area contributed by atoms with Crippen LogP contribution in [0.4, 0.5) is 4.39 Å². The summed E-state index contributed by atoms with van der Waals surface area (Å²) in [5, 5.41) is 0.190. The van der Waals surface area contributed by atoms with Gasteiger partial charge in [-0.25, -0.2) is 12.8 Å². The third-order valence-corrected chi connectivity index (χ3v) is 3.47. The Morgan fingerprint density at radius 3 is 2.59 bits per heavy atom. The molecular formula is C10H11Cl2FO3S. The zero-order valence-corrected chi connectivity index (χ0v) is 11.2. The lowest BCUT2D eigenvalue weighted by Crippen LogP contribution is -2.02. The summed E-state index contributed by atoms with van der Waals surface area (Å²) < 4.78 is 39.2. The van der Waals surface area contributed by atoms with Crippen LogP contribution in [0.15, 0.2) is 18.2 Å². The van der Waals surface area contributed by atoms with E-state index in [1.165, 1.54) is 12.1 Å². The van der Waals surface area contributed by atoms with E-state index in [4.69, 9.17) is 27.0 Å². The predicted molar refractivity (Wildman–Crippen MR) is 65.8 cm³/mol. The number of halogens is 3. The van der Waals surface area contributed by atoms with Crippen LogP contribution < -0.4 is 4.74 Å². The SMILES string of the molecule is O=S(=O)(Cl)CCCCOc1ccc(F)cc1Cl. The van der Waals surface area contributed by atoms with E-state index in [2.05, 4.69) is 0 Å². The van der Waals surface area contributed by atoms with Crippen LogP contribution in [0.5, 0.6) is 5.75 Å². The van der Waals surface area contributed by atoms with E-state index < -0.39 is 14.9 Å². The first-order valence-corrected chi connectivity index (χ1v) is 7.74. The van der Waals surface area contributed by atoms with E-state index in [0.29, 0.717) is 25.2 Å². The van der Waals surface area contributed by atoms with Crippen molar-refractivity contribution in [3.63, 3.8) is 0 Å².